The fourth-order valence-corrected chi connectivity index (χ4v) is 1.39. The zero-order valence-corrected chi connectivity index (χ0v) is 8.64. The first-order chi connectivity index (χ1) is 8.11. The number of aromatic hydroxyl groups is 2. The minimum atomic E-state index is -0.512. The topological polar surface area (TPSA) is 124 Å². The number of hydrogen-bond acceptors (Lipinski definition) is 5. The molecule has 0 aliphatic carbocycles. The van der Waals surface area contributed by atoms with Gasteiger partial charge in [-0.3, -0.25) is 15.3 Å². The number of hydrazine groups is 1. The molecule has 0 saturated carbocycles. The van der Waals surface area contributed by atoms with Gasteiger partial charge in [-0.05, 0) is 18.2 Å². The Labute approximate surface area is 95.9 Å². The Morgan fingerprint density at radius 2 is 2.12 bits per heavy atom. The molecule has 0 bridgehead atoms. The Kier molecular flexibility index (Phi) is 2.67. The number of nitrogens with one attached hydrogen (secondary N) is 2. The number of phenolic OH excluding ortho intramolecular Hbond substituents is 2. The summed E-state index contributed by atoms with van der Waals surface area (Å²) < 4.78 is 0. The molecule has 0 fully saturated rings. The minimum Gasteiger partial charge on any atom is -0.508 e. The predicted molar refractivity (Wildman–Crippen MR) is 59.0 cm³/mol. The van der Waals surface area contributed by atoms with Crippen LogP contribution in [0, 0.1) is 0 Å². The van der Waals surface area contributed by atoms with E-state index in [4.69, 9.17) is 10.9 Å². The van der Waals surface area contributed by atoms with Gasteiger partial charge in [0.05, 0.1) is 5.69 Å². The Hall–Kier alpha value is -2.54. The van der Waals surface area contributed by atoms with Crippen molar-refractivity contribution in [3.05, 3.63) is 30.0 Å². The van der Waals surface area contributed by atoms with Crippen LogP contribution in [-0.4, -0.2) is 26.3 Å². The molecule has 1 amide bonds. The largest absolute Gasteiger partial charge is 0.508 e. The van der Waals surface area contributed by atoms with Crippen LogP contribution in [-0.2, 0) is 0 Å². The second-order valence-corrected chi connectivity index (χ2v) is 3.34. The van der Waals surface area contributed by atoms with Crippen LogP contribution in [0.3, 0.4) is 0 Å². The number of aromatic amines is 1. The third-order valence-electron chi connectivity index (χ3n) is 2.21. The number of hydrogen-bond donors (Lipinski definition) is 5. The highest BCUT2D eigenvalue weighted by atomic mass is 16.3. The molecule has 0 saturated heterocycles. The molecule has 0 atom stereocenters. The second-order valence-electron chi connectivity index (χ2n) is 3.34. The zero-order valence-electron chi connectivity index (χ0n) is 8.64. The number of nitrogen functional groups attached to an aromatic ring is 1. The van der Waals surface area contributed by atoms with Gasteiger partial charge in [0.25, 0.3) is 5.91 Å². The molecule has 2 rings (SSSR count). The number of benzene rings is 1. The fourth-order valence-electron chi connectivity index (χ4n) is 1.39. The number of phenols is 2. The molecule has 17 heavy (non-hydrogen) atoms. The van der Waals surface area contributed by atoms with Gasteiger partial charge < -0.3 is 10.2 Å². The summed E-state index contributed by atoms with van der Waals surface area (Å²) in [6.45, 7) is 0. The normalized spacial score (nSPS) is 10.2. The number of rotatable bonds is 2. The van der Waals surface area contributed by atoms with Crippen LogP contribution in [0.25, 0.3) is 11.3 Å². The maximum Gasteiger partial charge on any atom is 0.283 e. The molecule has 0 aliphatic heterocycles. The molecular formula is C10H10N4O3. The van der Waals surface area contributed by atoms with Crippen LogP contribution >= 0.6 is 0 Å². The van der Waals surface area contributed by atoms with E-state index in [0.29, 0.717) is 11.3 Å². The number of aromatic nitrogens is 2. The second kappa shape index (κ2) is 4.14. The van der Waals surface area contributed by atoms with Gasteiger partial charge in [-0.1, -0.05) is 0 Å². The SMILES string of the molecule is NNC(=O)c1cc(-c2ccc(O)cc2O)n[nH]1. The van der Waals surface area contributed by atoms with Gasteiger partial charge in [0.2, 0.25) is 0 Å². The van der Waals surface area contributed by atoms with E-state index in [9.17, 15) is 9.90 Å². The highest BCUT2D eigenvalue weighted by Gasteiger charge is 2.12. The first kappa shape index (κ1) is 11.0. The third kappa shape index (κ3) is 2.04. The van der Waals surface area contributed by atoms with Crippen molar-refractivity contribution < 1.29 is 15.0 Å². The minimum absolute atomic E-state index is 0.0540. The van der Waals surface area contributed by atoms with Gasteiger partial charge in [0, 0.05) is 11.6 Å². The first-order valence-corrected chi connectivity index (χ1v) is 4.70. The van der Waals surface area contributed by atoms with E-state index in [1.54, 1.807) is 0 Å². The molecule has 1 heterocycles. The van der Waals surface area contributed by atoms with Crippen molar-refractivity contribution in [2.45, 2.75) is 0 Å². The summed E-state index contributed by atoms with van der Waals surface area (Å²) in [5.41, 5.74) is 2.91. The van der Waals surface area contributed by atoms with Gasteiger partial charge in [-0.25, -0.2) is 5.84 Å². The predicted octanol–water partition coefficient (Wildman–Crippen LogP) is 0.0914. The third-order valence-corrected chi connectivity index (χ3v) is 2.21. The van der Waals surface area contributed by atoms with Crippen molar-refractivity contribution in [2.24, 2.45) is 5.84 Å². The number of nitrogens with two attached hydrogens (primary N) is 1. The van der Waals surface area contributed by atoms with Crippen molar-refractivity contribution >= 4 is 5.91 Å². The van der Waals surface area contributed by atoms with Crippen molar-refractivity contribution in [2.75, 3.05) is 0 Å². The Morgan fingerprint density at radius 1 is 1.35 bits per heavy atom. The van der Waals surface area contributed by atoms with E-state index in [1.165, 1.54) is 24.3 Å². The molecule has 2 aromatic rings. The molecule has 1 aromatic heterocycles. The van der Waals surface area contributed by atoms with Crippen molar-refractivity contribution in [1.82, 2.24) is 15.6 Å². The maximum absolute atomic E-state index is 11.2. The van der Waals surface area contributed by atoms with Gasteiger partial charge in [-0.15, -0.1) is 0 Å². The summed E-state index contributed by atoms with van der Waals surface area (Å²) in [5, 5.41) is 25.1. The summed E-state index contributed by atoms with van der Waals surface area (Å²) in [6, 6.07) is 5.53. The van der Waals surface area contributed by atoms with E-state index >= 15 is 0 Å². The van der Waals surface area contributed by atoms with Crippen molar-refractivity contribution in [1.29, 1.82) is 0 Å². The van der Waals surface area contributed by atoms with Gasteiger partial charge >= 0.3 is 0 Å². The van der Waals surface area contributed by atoms with Crippen LogP contribution in [0.1, 0.15) is 10.5 Å². The number of nitrogens with zero attached hydrogens (tertiary/aromatic N) is 1. The molecule has 1 aromatic carbocycles. The molecule has 7 heteroatoms. The number of carbonyl (C=O) groups is 1. The summed E-state index contributed by atoms with van der Waals surface area (Å²) in [7, 11) is 0. The fraction of sp³-hybridized carbons (Fsp3) is 0. The molecule has 0 spiro atoms. The molecule has 7 nitrogen and oxygen atoms in total. The van der Waals surface area contributed by atoms with Gasteiger partial charge in [0.15, 0.2) is 0 Å². The summed E-state index contributed by atoms with van der Waals surface area (Å²) in [5.74, 6) is 4.28. The molecule has 0 aliphatic rings. The lowest BCUT2D eigenvalue weighted by Crippen LogP contribution is -2.30. The van der Waals surface area contributed by atoms with Crippen LogP contribution in [0.4, 0.5) is 0 Å². The van der Waals surface area contributed by atoms with E-state index < -0.39 is 5.91 Å². The molecule has 0 unspecified atom stereocenters. The molecule has 88 valence electrons. The monoisotopic (exact) mass is 234 g/mol. The Morgan fingerprint density at radius 3 is 2.76 bits per heavy atom. The molecular weight excluding hydrogens is 224 g/mol. The molecule has 6 N–H and O–H groups in total. The van der Waals surface area contributed by atoms with E-state index in [1.807, 2.05) is 5.43 Å². The number of carbonyl (C=O) groups excluding carboxylic acids is 1. The number of amides is 1. The smallest absolute Gasteiger partial charge is 0.283 e. The van der Waals surface area contributed by atoms with E-state index in [2.05, 4.69) is 10.2 Å². The number of H-pyrrole nitrogens is 1. The Balaban J connectivity index is 2.40. The highest BCUT2D eigenvalue weighted by molar-refractivity contribution is 5.93. The first-order valence-electron chi connectivity index (χ1n) is 4.70. The van der Waals surface area contributed by atoms with Crippen molar-refractivity contribution in [3.63, 3.8) is 0 Å². The van der Waals surface area contributed by atoms with E-state index in [-0.39, 0.29) is 17.2 Å². The molecule has 0 radical (unpaired) electrons. The lowest BCUT2D eigenvalue weighted by molar-refractivity contribution is 0.0948. The average molecular weight is 234 g/mol. The maximum atomic E-state index is 11.2. The standard InChI is InChI=1S/C10H10N4O3/c11-12-10(17)8-4-7(13-14-8)6-2-1-5(15)3-9(6)16/h1-4,15-16H,11H2,(H,12,17)(H,13,14). The highest BCUT2D eigenvalue weighted by Crippen LogP contribution is 2.30. The van der Waals surface area contributed by atoms with Crippen LogP contribution in [0.15, 0.2) is 24.3 Å². The van der Waals surface area contributed by atoms with Crippen molar-refractivity contribution in [3.8, 4) is 22.8 Å². The van der Waals surface area contributed by atoms with Crippen LogP contribution in [0.5, 0.6) is 11.5 Å². The van der Waals surface area contributed by atoms with E-state index in [0.717, 1.165) is 0 Å². The average Bonchev–Trinajstić information content (AvgIpc) is 2.77. The summed E-state index contributed by atoms with van der Waals surface area (Å²) in [4.78, 5) is 11.2. The zero-order chi connectivity index (χ0) is 12.4. The quantitative estimate of drug-likeness (QED) is 0.286. The lowest BCUT2D eigenvalue weighted by atomic mass is 10.1. The lowest BCUT2D eigenvalue weighted by Gasteiger charge is -2.00. The van der Waals surface area contributed by atoms with Crippen LogP contribution in [0.2, 0.25) is 0 Å². The van der Waals surface area contributed by atoms with Gasteiger partial charge in [0.1, 0.15) is 17.2 Å². The van der Waals surface area contributed by atoms with Gasteiger partial charge in [-0.2, -0.15) is 5.10 Å². The summed E-state index contributed by atoms with van der Waals surface area (Å²) >= 11 is 0. The van der Waals surface area contributed by atoms with Crippen LogP contribution < -0.4 is 11.3 Å². The summed E-state index contributed by atoms with van der Waals surface area (Å²) in [6.07, 6.45) is 0. The Bertz CT molecular complexity index is 564.